The number of ketones is 1. The number of aromatic amines is 1. The summed E-state index contributed by atoms with van der Waals surface area (Å²) < 4.78 is 0. The van der Waals surface area contributed by atoms with Crippen LogP contribution in [-0.4, -0.2) is 10.8 Å². The molecule has 2 aromatic carbocycles. The minimum atomic E-state index is -0.205. The second-order valence-corrected chi connectivity index (χ2v) is 5.05. The number of nitrogen functional groups attached to an aromatic ring is 1. The molecule has 0 spiro atoms. The molecule has 0 bridgehead atoms. The summed E-state index contributed by atoms with van der Waals surface area (Å²) in [6, 6.07) is 12.0. The largest absolute Gasteiger partial charge is 0.399 e. The maximum Gasteiger partial charge on any atom is 0.196 e. The highest BCUT2D eigenvalue weighted by atomic mass is 35.5. The van der Waals surface area contributed by atoms with Crippen molar-refractivity contribution in [3.63, 3.8) is 0 Å². The van der Waals surface area contributed by atoms with Crippen molar-refractivity contribution < 1.29 is 4.79 Å². The molecule has 0 unspecified atom stereocenters. The van der Waals surface area contributed by atoms with Crippen molar-refractivity contribution in [1.82, 2.24) is 4.98 Å². The van der Waals surface area contributed by atoms with E-state index in [-0.39, 0.29) is 5.78 Å². The van der Waals surface area contributed by atoms with Crippen molar-refractivity contribution in [1.29, 1.82) is 5.26 Å². The highest BCUT2D eigenvalue weighted by molar-refractivity contribution is 6.35. The Morgan fingerprint density at radius 3 is 2.76 bits per heavy atom. The maximum atomic E-state index is 12.6. The molecule has 0 aliphatic rings. The first kappa shape index (κ1) is 13.2. The van der Waals surface area contributed by atoms with E-state index in [1.807, 2.05) is 0 Å². The van der Waals surface area contributed by atoms with Crippen LogP contribution in [0.2, 0.25) is 5.02 Å². The number of carbonyl (C=O) groups is 1. The normalized spacial score (nSPS) is 10.5. The number of aromatic nitrogens is 1. The Morgan fingerprint density at radius 1 is 1.19 bits per heavy atom. The third-order valence-corrected chi connectivity index (χ3v) is 3.62. The molecule has 0 radical (unpaired) electrons. The topological polar surface area (TPSA) is 82.7 Å². The number of halogens is 1. The predicted molar refractivity (Wildman–Crippen MR) is 82.3 cm³/mol. The van der Waals surface area contributed by atoms with Gasteiger partial charge in [0.2, 0.25) is 0 Å². The molecule has 0 fully saturated rings. The Balaban J connectivity index is 2.14. The van der Waals surface area contributed by atoms with E-state index in [2.05, 4.69) is 11.1 Å². The Hall–Kier alpha value is -2.77. The fourth-order valence-electron chi connectivity index (χ4n) is 2.25. The van der Waals surface area contributed by atoms with E-state index in [1.165, 1.54) is 0 Å². The Labute approximate surface area is 125 Å². The molecule has 0 atom stereocenters. The Morgan fingerprint density at radius 2 is 2.00 bits per heavy atom. The second-order valence-electron chi connectivity index (χ2n) is 4.64. The van der Waals surface area contributed by atoms with Gasteiger partial charge in [0.1, 0.15) is 0 Å². The van der Waals surface area contributed by atoms with E-state index in [4.69, 9.17) is 22.6 Å². The van der Waals surface area contributed by atoms with Crippen molar-refractivity contribution >= 4 is 34.0 Å². The summed E-state index contributed by atoms with van der Waals surface area (Å²) in [4.78, 5) is 15.6. The number of hydrogen-bond acceptors (Lipinski definition) is 3. The van der Waals surface area contributed by atoms with Gasteiger partial charge in [-0.25, -0.2) is 0 Å². The zero-order valence-corrected chi connectivity index (χ0v) is 11.6. The van der Waals surface area contributed by atoms with E-state index < -0.39 is 0 Å². The smallest absolute Gasteiger partial charge is 0.196 e. The van der Waals surface area contributed by atoms with Crippen molar-refractivity contribution in [3.8, 4) is 6.07 Å². The molecule has 21 heavy (non-hydrogen) atoms. The molecule has 3 aromatic rings. The molecule has 0 aliphatic heterocycles. The van der Waals surface area contributed by atoms with Crippen LogP contribution in [0.15, 0.2) is 42.6 Å². The van der Waals surface area contributed by atoms with E-state index in [0.29, 0.717) is 27.4 Å². The van der Waals surface area contributed by atoms with Gasteiger partial charge < -0.3 is 10.7 Å². The van der Waals surface area contributed by atoms with Gasteiger partial charge in [0, 0.05) is 33.9 Å². The summed E-state index contributed by atoms with van der Waals surface area (Å²) in [7, 11) is 0. The van der Waals surface area contributed by atoms with Crippen molar-refractivity contribution in [2.24, 2.45) is 0 Å². The number of fused-ring (bicyclic) bond motifs is 1. The second kappa shape index (κ2) is 4.97. The average molecular weight is 296 g/mol. The third kappa shape index (κ3) is 2.24. The van der Waals surface area contributed by atoms with Crippen molar-refractivity contribution in [3.05, 3.63) is 64.3 Å². The van der Waals surface area contributed by atoms with E-state index >= 15 is 0 Å². The summed E-state index contributed by atoms with van der Waals surface area (Å²) in [6.07, 6.45) is 1.62. The number of carbonyl (C=O) groups excluding carboxylic acids is 1. The quantitative estimate of drug-likeness (QED) is 0.560. The third-order valence-electron chi connectivity index (χ3n) is 3.29. The zero-order valence-electron chi connectivity index (χ0n) is 10.9. The number of rotatable bonds is 2. The van der Waals surface area contributed by atoms with Gasteiger partial charge in [0.25, 0.3) is 0 Å². The molecule has 0 aliphatic carbocycles. The predicted octanol–water partition coefficient (Wildman–Crippen LogP) is 3.51. The summed E-state index contributed by atoms with van der Waals surface area (Å²) in [6.45, 7) is 0. The van der Waals surface area contributed by atoms with Crippen LogP contribution in [0.1, 0.15) is 21.5 Å². The first-order chi connectivity index (χ1) is 10.1. The number of benzene rings is 2. The number of nitrogens with two attached hydrogens (primary N) is 1. The zero-order chi connectivity index (χ0) is 15.0. The Bertz CT molecular complexity index is 906. The van der Waals surface area contributed by atoms with Crippen LogP contribution in [0.25, 0.3) is 10.9 Å². The average Bonchev–Trinajstić information content (AvgIpc) is 2.91. The number of anilines is 1. The molecule has 1 aromatic heterocycles. The summed E-state index contributed by atoms with van der Waals surface area (Å²) in [5, 5.41) is 10.0. The van der Waals surface area contributed by atoms with Crippen LogP contribution in [0, 0.1) is 11.3 Å². The first-order valence-corrected chi connectivity index (χ1v) is 6.59. The lowest BCUT2D eigenvalue weighted by atomic mass is 10.0. The molecule has 3 N–H and O–H groups in total. The van der Waals surface area contributed by atoms with Gasteiger partial charge in [-0.2, -0.15) is 5.26 Å². The molecular formula is C16H10ClN3O. The van der Waals surface area contributed by atoms with Crippen molar-refractivity contribution in [2.45, 2.75) is 0 Å². The lowest BCUT2D eigenvalue weighted by Gasteiger charge is -2.04. The SMILES string of the molecule is N#Cc1ccc2c(C(=O)c3cc(N)ccc3Cl)c[nH]c2c1. The van der Waals surface area contributed by atoms with Gasteiger partial charge in [-0.05, 0) is 30.3 Å². The molecule has 0 amide bonds. The summed E-state index contributed by atoms with van der Waals surface area (Å²) in [5.41, 5.74) is 8.33. The number of nitrogens with one attached hydrogen (secondary N) is 1. The number of nitrogens with zero attached hydrogens (tertiary/aromatic N) is 1. The minimum absolute atomic E-state index is 0.205. The van der Waals surface area contributed by atoms with Gasteiger partial charge in [-0.15, -0.1) is 0 Å². The molecule has 4 nitrogen and oxygen atoms in total. The Kier molecular flexibility index (Phi) is 3.13. The number of H-pyrrole nitrogens is 1. The molecule has 0 saturated heterocycles. The van der Waals surface area contributed by atoms with Crippen LogP contribution in [-0.2, 0) is 0 Å². The summed E-state index contributed by atoms with van der Waals surface area (Å²) >= 11 is 6.08. The van der Waals surface area contributed by atoms with E-state index in [0.717, 1.165) is 10.9 Å². The van der Waals surface area contributed by atoms with Gasteiger partial charge in [0.05, 0.1) is 16.7 Å². The fourth-order valence-corrected chi connectivity index (χ4v) is 2.45. The minimum Gasteiger partial charge on any atom is -0.399 e. The molecule has 3 rings (SSSR count). The maximum absolute atomic E-state index is 12.6. The van der Waals surface area contributed by atoms with Crippen LogP contribution in [0.3, 0.4) is 0 Å². The molecular weight excluding hydrogens is 286 g/mol. The van der Waals surface area contributed by atoms with Crippen LogP contribution in [0.4, 0.5) is 5.69 Å². The van der Waals surface area contributed by atoms with Crippen LogP contribution >= 0.6 is 11.6 Å². The standard InChI is InChI=1S/C16H10ClN3O/c17-14-4-2-10(19)6-12(14)16(21)13-8-20-15-5-9(7-18)1-3-11(13)15/h1-6,8,20H,19H2. The van der Waals surface area contributed by atoms with Gasteiger partial charge in [-0.1, -0.05) is 17.7 Å². The van der Waals surface area contributed by atoms with E-state index in [9.17, 15) is 4.79 Å². The van der Waals surface area contributed by atoms with Gasteiger partial charge >= 0.3 is 0 Å². The summed E-state index contributed by atoms with van der Waals surface area (Å²) in [5.74, 6) is -0.205. The van der Waals surface area contributed by atoms with Gasteiger partial charge in [0.15, 0.2) is 5.78 Å². The molecule has 0 saturated carbocycles. The van der Waals surface area contributed by atoms with E-state index in [1.54, 1.807) is 42.6 Å². The molecule has 5 heteroatoms. The number of hydrogen-bond donors (Lipinski definition) is 2. The number of nitriles is 1. The molecule has 102 valence electrons. The first-order valence-electron chi connectivity index (χ1n) is 6.21. The highest BCUT2D eigenvalue weighted by Crippen LogP contribution is 2.26. The molecule has 1 heterocycles. The fraction of sp³-hybridized carbons (Fsp3) is 0. The van der Waals surface area contributed by atoms with Crippen LogP contribution in [0.5, 0.6) is 0 Å². The van der Waals surface area contributed by atoms with Crippen molar-refractivity contribution in [2.75, 3.05) is 5.73 Å². The lowest BCUT2D eigenvalue weighted by molar-refractivity contribution is 0.104. The lowest BCUT2D eigenvalue weighted by Crippen LogP contribution is -2.02. The van der Waals surface area contributed by atoms with Gasteiger partial charge in [-0.3, -0.25) is 4.79 Å². The van der Waals surface area contributed by atoms with Crippen LogP contribution < -0.4 is 5.73 Å². The monoisotopic (exact) mass is 295 g/mol. The highest BCUT2D eigenvalue weighted by Gasteiger charge is 2.17.